The summed E-state index contributed by atoms with van der Waals surface area (Å²) in [6.07, 6.45) is 5.98. The van der Waals surface area contributed by atoms with Crippen LogP contribution in [0.3, 0.4) is 0 Å². The first-order valence-electron chi connectivity index (χ1n) is 14.5. The molecule has 0 radical (unpaired) electrons. The van der Waals surface area contributed by atoms with Gasteiger partial charge in [0.05, 0.1) is 32.1 Å². The first kappa shape index (κ1) is 38.8. The highest BCUT2D eigenvalue weighted by Crippen LogP contribution is 2.31. The van der Waals surface area contributed by atoms with E-state index in [2.05, 4.69) is 11.1 Å². The number of carboxylic acid groups (broad SMARTS) is 2. The summed E-state index contributed by atoms with van der Waals surface area (Å²) in [5.41, 5.74) is 2.45. The normalized spacial score (nSPS) is 12.0. The highest BCUT2D eigenvalue weighted by molar-refractivity contribution is 6.35. The number of nitrogens with zero attached hydrogens (tertiary/aromatic N) is 2. The van der Waals surface area contributed by atoms with Crippen molar-refractivity contribution in [2.75, 3.05) is 6.61 Å². The zero-order chi connectivity index (χ0) is 35.2. The first-order valence-corrected chi connectivity index (χ1v) is 16.1. The van der Waals surface area contributed by atoms with Gasteiger partial charge in [0.15, 0.2) is 0 Å². The molecule has 1 aromatic heterocycles. The lowest BCUT2D eigenvalue weighted by atomic mass is 10.1. The van der Waals surface area contributed by atoms with Crippen molar-refractivity contribution in [1.82, 2.24) is 4.57 Å². The van der Waals surface area contributed by atoms with Gasteiger partial charge in [-0.25, -0.2) is 13.5 Å². The summed E-state index contributed by atoms with van der Waals surface area (Å²) in [6.45, 7) is 5.79. The SMILES string of the molecule is C=CCc1cc(F)ccc1OCCCn1cc[n+](CC(OCc2ccc(Cl)cc2Cl)c2ccc(Cl)cc2Cl)c1.O=C(O)CC(O)C(=O)[O-]. The third-order valence-electron chi connectivity index (χ3n) is 6.73. The molecular formula is C34H33Cl4FN2O7. The molecule has 48 heavy (non-hydrogen) atoms. The van der Waals surface area contributed by atoms with E-state index in [-0.39, 0.29) is 18.5 Å². The highest BCUT2D eigenvalue weighted by atomic mass is 35.5. The molecule has 4 aromatic rings. The Hall–Kier alpha value is -3.64. The van der Waals surface area contributed by atoms with Gasteiger partial charge in [-0.1, -0.05) is 64.6 Å². The fourth-order valence-electron chi connectivity index (χ4n) is 4.38. The monoisotopic (exact) mass is 740 g/mol. The summed E-state index contributed by atoms with van der Waals surface area (Å²) in [6, 6.07) is 15.3. The van der Waals surface area contributed by atoms with E-state index >= 15 is 0 Å². The topological polar surface area (TPSA) is 125 Å². The Morgan fingerprint density at radius 3 is 2.35 bits per heavy atom. The molecule has 1 heterocycles. The van der Waals surface area contributed by atoms with Crippen molar-refractivity contribution in [2.24, 2.45) is 0 Å². The number of aromatic nitrogens is 2. The van der Waals surface area contributed by atoms with Gasteiger partial charge >= 0.3 is 5.97 Å². The number of allylic oxidation sites excluding steroid dienone is 1. The fourth-order valence-corrected chi connectivity index (χ4v) is 5.38. The van der Waals surface area contributed by atoms with Gasteiger partial charge in [0.2, 0.25) is 6.33 Å². The number of imidazole rings is 1. The molecule has 0 spiro atoms. The molecule has 2 unspecified atom stereocenters. The second kappa shape index (κ2) is 19.4. The molecule has 2 N–H and O–H groups in total. The van der Waals surface area contributed by atoms with Crippen molar-refractivity contribution < 1.29 is 43.3 Å². The van der Waals surface area contributed by atoms with Crippen molar-refractivity contribution in [3.63, 3.8) is 0 Å². The predicted molar refractivity (Wildman–Crippen MR) is 179 cm³/mol. The van der Waals surface area contributed by atoms with Crippen LogP contribution in [-0.2, 0) is 40.4 Å². The Morgan fingerprint density at radius 2 is 1.73 bits per heavy atom. The lowest BCUT2D eigenvalue weighted by Gasteiger charge is -2.19. The summed E-state index contributed by atoms with van der Waals surface area (Å²) in [5.74, 6) is -2.74. The molecule has 4 rings (SSSR count). The Bertz CT molecular complexity index is 1700. The van der Waals surface area contributed by atoms with Crippen LogP contribution in [0.25, 0.3) is 0 Å². The van der Waals surface area contributed by atoms with Crippen LogP contribution in [0.5, 0.6) is 5.75 Å². The summed E-state index contributed by atoms with van der Waals surface area (Å²) >= 11 is 25.1. The quantitative estimate of drug-likeness (QED) is 0.0790. The number of aliphatic carboxylic acids is 2. The molecule has 9 nitrogen and oxygen atoms in total. The zero-order valence-corrected chi connectivity index (χ0v) is 28.6. The van der Waals surface area contributed by atoms with E-state index in [9.17, 15) is 19.1 Å². The van der Waals surface area contributed by atoms with Gasteiger partial charge in [0, 0.05) is 37.6 Å². The standard InChI is InChI=1S/C30H28Cl4FN2O2.C4H6O5/c1-2-4-21-15-25(35)8-10-29(21)38-14-3-11-36-12-13-37(20-36)18-30(26-9-7-24(32)17-28(26)34)39-19-22-5-6-23(31)16-27(22)33;5-2(4(8)9)1-3(6)7/h2,5-10,12-13,15-17,20,30H,1,3-4,11,14,18-19H2;2,5H,1H2,(H,6,7)(H,8,9)/q+1;/p-1. The second-order valence-corrected chi connectivity index (χ2v) is 12.1. The number of carbonyl (C=O) groups is 2. The van der Waals surface area contributed by atoms with Crippen LogP contribution in [0.15, 0.2) is 86.0 Å². The van der Waals surface area contributed by atoms with Crippen LogP contribution in [0, 0.1) is 5.82 Å². The summed E-state index contributed by atoms with van der Waals surface area (Å²) < 4.78 is 29.9. The maximum atomic E-state index is 13.6. The molecule has 0 saturated carbocycles. The molecule has 0 aliphatic rings. The third-order valence-corrected chi connectivity index (χ3v) is 7.88. The van der Waals surface area contributed by atoms with E-state index in [4.69, 9.17) is 66.1 Å². The van der Waals surface area contributed by atoms with Gasteiger partial charge in [-0.2, -0.15) is 0 Å². The fraction of sp³-hybridized carbons (Fsp3) is 0.265. The predicted octanol–water partition coefficient (Wildman–Crippen LogP) is 6.26. The van der Waals surface area contributed by atoms with Gasteiger partial charge in [-0.05, 0) is 54.4 Å². The highest BCUT2D eigenvalue weighted by Gasteiger charge is 2.21. The Labute approximate surface area is 297 Å². The number of halogens is 5. The number of carbonyl (C=O) groups excluding carboxylic acids is 1. The number of aryl methyl sites for hydroxylation is 1. The van der Waals surface area contributed by atoms with E-state index in [1.165, 1.54) is 12.1 Å². The Kier molecular flexibility index (Phi) is 15.7. The summed E-state index contributed by atoms with van der Waals surface area (Å²) in [7, 11) is 0. The number of aliphatic hydroxyl groups excluding tert-OH is 1. The largest absolute Gasteiger partial charge is 0.547 e. The van der Waals surface area contributed by atoms with Gasteiger partial charge in [0.25, 0.3) is 0 Å². The number of aliphatic hydroxyl groups is 1. The molecule has 0 bridgehead atoms. The van der Waals surface area contributed by atoms with E-state index in [0.29, 0.717) is 45.4 Å². The van der Waals surface area contributed by atoms with Crippen LogP contribution in [0.2, 0.25) is 20.1 Å². The lowest BCUT2D eigenvalue weighted by Crippen LogP contribution is -2.36. The Balaban J connectivity index is 0.000000609. The molecule has 0 saturated heterocycles. The Morgan fingerprint density at radius 1 is 1.02 bits per heavy atom. The zero-order valence-electron chi connectivity index (χ0n) is 25.5. The van der Waals surface area contributed by atoms with Crippen molar-refractivity contribution >= 4 is 58.3 Å². The van der Waals surface area contributed by atoms with Crippen LogP contribution < -0.4 is 14.4 Å². The summed E-state index contributed by atoms with van der Waals surface area (Å²) in [5, 5.41) is 27.9. The van der Waals surface area contributed by atoms with Crippen molar-refractivity contribution in [2.45, 2.75) is 51.2 Å². The molecule has 0 aliphatic heterocycles. The number of ether oxygens (including phenoxy) is 2. The average molecular weight is 742 g/mol. The van der Waals surface area contributed by atoms with Crippen molar-refractivity contribution in [3.8, 4) is 5.75 Å². The van der Waals surface area contributed by atoms with Crippen LogP contribution >= 0.6 is 46.4 Å². The van der Waals surface area contributed by atoms with Crippen molar-refractivity contribution in [1.29, 1.82) is 0 Å². The number of rotatable bonds is 16. The molecular weight excluding hydrogens is 709 g/mol. The second-order valence-electron chi connectivity index (χ2n) is 10.4. The van der Waals surface area contributed by atoms with Gasteiger partial charge in [-0.3, -0.25) is 4.79 Å². The molecule has 0 aliphatic carbocycles. The number of benzene rings is 3. The maximum Gasteiger partial charge on any atom is 0.306 e. The van der Waals surface area contributed by atoms with E-state index < -0.39 is 24.5 Å². The molecule has 256 valence electrons. The van der Waals surface area contributed by atoms with Gasteiger partial charge in [-0.15, -0.1) is 6.58 Å². The number of hydrogen-bond acceptors (Lipinski definition) is 6. The van der Waals surface area contributed by atoms with Crippen LogP contribution in [-0.4, -0.2) is 39.4 Å². The van der Waals surface area contributed by atoms with E-state index in [0.717, 1.165) is 29.7 Å². The minimum atomic E-state index is -1.90. The minimum Gasteiger partial charge on any atom is -0.547 e. The molecule has 14 heteroatoms. The first-order chi connectivity index (χ1) is 22.9. The van der Waals surface area contributed by atoms with Crippen LogP contribution in [0.4, 0.5) is 4.39 Å². The maximum absolute atomic E-state index is 13.6. The molecule has 0 fully saturated rings. The average Bonchev–Trinajstić information content (AvgIpc) is 3.46. The van der Waals surface area contributed by atoms with Gasteiger partial charge < -0.3 is 29.6 Å². The van der Waals surface area contributed by atoms with E-state index in [1.807, 2.05) is 35.4 Å². The summed E-state index contributed by atoms with van der Waals surface area (Å²) in [4.78, 5) is 19.3. The van der Waals surface area contributed by atoms with E-state index in [1.54, 1.807) is 36.4 Å². The number of hydrogen-bond donors (Lipinski definition) is 2. The van der Waals surface area contributed by atoms with Gasteiger partial charge in [0.1, 0.15) is 42.7 Å². The lowest BCUT2D eigenvalue weighted by molar-refractivity contribution is -0.704. The molecule has 0 amide bonds. The van der Waals surface area contributed by atoms with Crippen LogP contribution in [0.1, 0.15) is 35.6 Å². The smallest absolute Gasteiger partial charge is 0.306 e. The molecule has 2 atom stereocenters. The molecule has 3 aromatic carbocycles. The number of carboxylic acids is 2. The van der Waals surface area contributed by atoms with Crippen molar-refractivity contribution in [3.05, 3.63) is 129 Å². The minimum absolute atomic E-state index is 0.283. The third kappa shape index (κ3) is 12.8.